The van der Waals surface area contributed by atoms with E-state index in [9.17, 15) is 8.42 Å². The minimum absolute atomic E-state index is 0.578. The highest BCUT2D eigenvalue weighted by molar-refractivity contribution is 7.86. The van der Waals surface area contributed by atoms with Crippen LogP contribution in [-0.4, -0.2) is 74.5 Å². The molecule has 1 rings (SSSR count). The molecule has 0 unspecified atom stereocenters. The molecule has 90 valence electrons. The van der Waals surface area contributed by atoms with Crippen molar-refractivity contribution < 1.29 is 8.42 Å². The highest BCUT2D eigenvalue weighted by atomic mass is 32.2. The van der Waals surface area contributed by atoms with Gasteiger partial charge in [0.05, 0.1) is 0 Å². The van der Waals surface area contributed by atoms with Gasteiger partial charge in [0.1, 0.15) is 0 Å². The molecule has 0 aromatic rings. The Kier molecular flexibility index (Phi) is 4.85. The van der Waals surface area contributed by atoms with Crippen molar-refractivity contribution in [3.63, 3.8) is 0 Å². The van der Waals surface area contributed by atoms with Crippen LogP contribution in [-0.2, 0) is 10.2 Å². The maximum absolute atomic E-state index is 11.8. The van der Waals surface area contributed by atoms with Crippen LogP contribution >= 0.6 is 12.6 Å². The van der Waals surface area contributed by atoms with Gasteiger partial charge < -0.3 is 0 Å². The monoisotopic (exact) mass is 253 g/mol. The third kappa shape index (κ3) is 3.32. The molecule has 15 heavy (non-hydrogen) atoms. The third-order valence-corrected chi connectivity index (χ3v) is 4.68. The summed E-state index contributed by atoms with van der Waals surface area (Å²) in [6.45, 7) is 3.68. The van der Waals surface area contributed by atoms with Gasteiger partial charge in [-0.2, -0.15) is 29.7 Å². The fourth-order valence-electron chi connectivity index (χ4n) is 1.56. The van der Waals surface area contributed by atoms with Crippen LogP contribution in [0.3, 0.4) is 0 Å². The highest BCUT2D eigenvalue weighted by Crippen LogP contribution is 2.09. The summed E-state index contributed by atoms with van der Waals surface area (Å²) in [4.78, 5) is 2.23. The second kappa shape index (κ2) is 5.49. The molecule has 1 aliphatic rings. The van der Waals surface area contributed by atoms with E-state index in [0.29, 0.717) is 13.1 Å². The van der Waals surface area contributed by atoms with E-state index in [1.54, 1.807) is 14.1 Å². The van der Waals surface area contributed by atoms with Gasteiger partial charge in [-0.15, -0.1) is 0 Å². The Morgan fingerprint density at radius 1 is 1.20 bits per heavy atom. The SMILES string of the molecule is CN(C)S(=O)(=O)N1CCN(CCS)CC1. The maximum atomic E-state index is 11.8. The molecule has 5 nitrogen and oxygen atoms in total. The van der Waals surface area contributed by atoms with E-state index < -0.39 is 10.2 Å². The smallest absolute Gasteiger partial charge is 0.281 e. The van der Waals surface area contributed by atoms with E-state index >= 15 is 0 Å². The molecule has 7 heteroatoms. The molecule has 0 radical (unpaired) electrons. The molecular formula is C8H19N3O2S2. The number of rotatable bonds is 4. The van der Waals surface area contributed by atoms with Crippen molar-refractivity contribution in [1.82, 2.24) is 13.5 Å². The summed E-state index contributed by atoms with van der Waals surface area (Å²) in [7, 11) is -0.0876. The first-order valence-corrected chi connectivity index (χ1v) is 7.02. The van der Waals surface area contributed by atoms with Crippen LogP contribution in [0.2, 0.25) is 0 Å². The second-order valence-corrected chi connectivity index (χ2v) is 6.34. The summed E-state index contributed by atoms with van der Waals surface area (Å²) in [6.07, 6.45) is 0. The van der Waals surface area contributed by atoms with Gasteiger partial charge >= 0.3 is 0 Å². The van der Waals surface area contributed by atoms with E-state index in [0.717, 1.165) is 25.4 Å². The minimum Gasteiger partial charge on any atom is -0.300 e. The lowest BCUT2D eigenvalue weighted by molar-refractivity contribution is 0.193. The maximum Gasteiger partial charge on any atom is 0.281 e. The molecule has 0 bridgehead atoms. The predicted octanol–water partition coefficient (Wildman–Crippen LogP) is -0.660. The average Bonchev–Trinajstić information content (AvgIpc) is 2.19. The standard InChI is InChI=1S/C8H19N3O2S2/c1-9(2)15(12,13)11-5-3-10(4-6-11)7-8-14/h14H,3-8H2,1-2H3. The van der Waals surface area contributed by atoms with E-state index in [2.05, 4.69) is 17.5 Å². The Morgan fingerprint density at radius 2 is 1.73 bits per heavy atom. The van der Waals surface area contributed by atoms with Crippen molar-refractivity contribution in [2.45, 2.75) is 0 Å². The number of piperazine rings is 1. The summed E-state index contributed by atoms with van der Waals surface area (Å²) in [5, 5.41) is 0. The lowest BCUT2D eigenvalue weighted by Gasteiger charge is -2.34. The molecule has 1 saturated heterocycles. The third-order valence-electron chi connectivity index (χ3n) is 2.54. The van der Waals surface area contributed by atoms with Gasteiger partial charge in [-0.1, -0.05) is 0 Å². The largest absolute Gasteiger partial charge is 0.300 e. The van der Waals surface area contributed by atoms with Crippen molar-refractivity contribution in [2.24, 2.45) is 0 Å². The van der Waals surface area contributed by atoms with Crippen molar-refractivity contribution in [3.05, 3.63) is 0 Å². The van der Waals surface area contributed by atoms with Crippen molar-refractivity contribution in [2.75, 3.05) is 52.6 Å². The molecule has 0 aromatic carbocycles. The summed E-state index contributed by atoms with van der Waals surface area (Å²) in [6, 6.07) is 0. The molecule has 0 N–H and O–H groups in total. The van der Waals surface area contributed by atoms with Crippen LogP contribution in [0.1, 0.15) is 0 Å². The molecule has 1 fully saturated rings. The minimum atomic E-state index is -3.22. The highest BCUT2D eigenvalue weighted by Gasteiger charge is 2.27. The van der Waals surface area contributed by atoms with E-state index in [1.807, 2.05) is 0 Å². The Hall–Kier alpha value is 0.180. The first kappa shape index (κ1) is 13.2. The van der Waals surface area contributed by atoms with Gasteiger partial charge in [0.25, 0.3) is 10.2 Å². The summed E-state index contributed by atoms with van der Waals surface area (Å²) < 4.78 is 26.3. The molecule has 0 aromatic heterocycles. The fourth-order valence-corrected chi connectivity index (χ4v) is 2.93. The summed E-state index contributed by atoms with van der Waals surface area (Å²) in [5.41, 5.74) is 0. The molecule has 1 heterocycles. The molecule has 0 spiro atoms. The zero-order valence-electron chi connectivity index (χ0n) is 9.26. The molecule has 0 atom stereocenters. The van der Waals surface area contributed by atoms with Crippen molar-refractivity contribution in [3.8, 4) is 0 Å². The summed E-state index contributed by atoms with van der Waals surface area (Å²) >= 11 is 4.16. The van der Waals surface area contributed by atoms with Crippen LogP contribution in [0, 0.1) is 0 Å². The topological polar surface area (TPSA) is 43.9 Å². The fraction of sp³-hybridized carbons (Fsp3) is 1.00. The Bertz CT molecular complexity index is 284. The van der Waals surface area contributed by atoms with Crippen molar-refractivity contribution in [1.29, 1.82) is 0 Å². The Morgan fingerprint density at radius 3 is 2.13 bits per heavy atom. The number of nitrogens with zero attached hydrogens (tertiary/aromatic N) is 3. The zero-order valence-corrected chi connectivity index (χ0v) is 11.0. The molecular weight excluding hydrogens is 234 g/mol. The normalized spacial score (nSPS) is 21.1. The average molecular weight is 253 g/mol. The van der Waals surface area contributed by atoms with Crippen LogP contribution < -0.4 is 0 Å². The van der Waals surface area contributed by atoms with E-state index in [1.165, 1.54) is 8.61 Å². The van der Waals surface area contributed by atoms with Gasteiger partial charge in [-0.05, 0) is 0 Å². The van der Waals surface area contributed by atoms with Gasteiger partial charge in [0.15, 0.2) is 0 Å². The number of hydrogen-bond acceptors (Lipinski definition) is 4. The first-order valence-electron chi connectivity index (χ1n) is 4.99. The summed E-state index contributed by atoms with van der Waals surface area (Å²) in [5.74, 6) is 0.820. The van der Waals surface area contributed by atoms with E-state index in [-0.39, 0.29) is 0 Å². The van der Waals surface area contributed by atoms with Crippen LogP contribution in [0.4, 0.5) is 0 Å². The number of hydrogen-bond donors (Lipinski definition) is 1. The first-order chi connectivity index (χ1) is 6.98. The predicted molar refractivity (Wildman–Crippen MR) is 64.5 cm³/mol. The van der Waals surface area contributed by atoms with Gasteiger partial charge in [-0.25, -0.2) is 0 Å². The van der Waals surface area contributed by atoms with Crippen LogP contribution in [0.5, 0.6) is 0 Å². The zero-order chi connectivity index (χ0) is 11.5. The van der Waals surface area contributed by atoms with E-state index in [4.69, 9.17) is 0 Å². The molecule has 0 saturated carbocycles. The van der Waals surface area contributed by atoms with Gasteiger partial charge in [-0.3, -0.25) is 4.90 Å². The quantitative estimate of drug-likeness (QED) is 0.677. The lowest BCUT2D eigenvalue weighted by atomic mass is 10.4. The Labute approximate surface area is 97.6 Å². The molecule has 0 amide bonds. The molecule has 0 aliphatic carbocycles. The van der Waals surface area contributed by atoms with Crippen molar-refractivity contribution >= 4 is 22.8 Å². The van der Waals surface area contributed by atoms with Gasteiger partial charge in [0, 0.05) is 52.6 Å². The van der Waals surface area contributed by atoms with Gasteiger partial charge in [0.2, 0.25) is 0 Å². The molecule has 1 aliphatic heterocycles. The second-order valence-electron chi connectivity index (χ2n) is 3.75. The lowest BCUT2D eigenvalue weighted by Crippen LogP contribution is -2.51. The Balaban J connectivity index is 2.51. The number of thiol groups is 1. The van der Waals surface area contributed by atoms with Crippen LogP contribution in [0.15, 0.2) is 0 Å². The van der Waals surface area contributed by atoms with Crippen LogP contribution in [0.25, 0.3) is 0 Å².